The van der Waals surface area contributed by atoms with Gasteiger partial charge in [0.25, 0.3) is 0 Å². The number of hydrogen-bond acceptors (Lipinski definition) is 3. The van der Waals surface area contributed by atoms with Gasteiger partial charge in [-0.05, 0) is 32.1 Å². The van der Waals surface area contributed by atoms with Crippen LogP contribution in [0.25, 0.3) is 0 Å². The van der Waals surface area contributed by atoms with Crippen molar-refractivity contribution in [2.45, 2.75) is 45.2 Å². The molecule has 4 nitrogen and oxygen atoms in total. The first-order chi connectivity index (χ1) is 7.70. The van der Waals surface area contributed by atoms with Crippen LogP contribution in [0.4, 0.5) is 4.79 Å². The van der Waals surface area contributed by atoms with E-state index in [0.717, 1.165) is 37.9 Å². The van der Waals surface area contributed by atoms with E-state index in [2.05, 4.69) is 12.2 Å². The summed E-state index contributed by atoms with van der Waals surface area (Å²) in [6, 6.07) is 1.33. The third-order valence-corrected chi connectivity index (χ3v) is 3.58. The van der Waals surface area contributed by atoms with E-state index in [1.54, 1.807) is 0 Å². The SMILES string of the molecule is CCOC(=O)N1CCC(NC2CC2C)CC1. The smallest absolute Gasteiger partial charge is 0.409 e. The predicted molar refractivity (Wildman–Crippen MR) is 62.3 cm³/mol. The van der Waals surface area contributed by atoms with Crippen molar-refractivity contribution >= 4 is 6.09 Å². The van der Waals surface area contributed by atoms with Gasteiger partial charge in [-0.2, -0.15) is 0 Å². The van der Waals surface area contributed by atoms with Crippen molar-refractivity contribution in [1.82, 2.24) is 10.2 Å². The molecule has 4 heteroatoms. The van der Waals surface area contributed by atoms with Crippen LogP contribution in [0.2, 0.25) is 0 Å². The molecular weight excluding hydrogens is 204 g/mol. The molecule has 1 aliphatic carbocycles. The highest BCUT2D eigenvalue weighted by Gasteiger charge is 2.35. The summed E-state index contributed by atoms with van der Waals surface area (Å²) in [6.45, 7) is 6.26. The van der Waals surface area contributed by atoms with Crippen molar-refractivity contribution in [2.24, 2.45) is 5.92 Å². The van der Waals surface area contributed by atoms with Gasteiger partial charge >= 0.3 is 6.09 Å². The average molecular weight is 226 g/mol. The second-order valence-electron chi connectivity index (χ2n) is 4.95. The van der Waals surface area contributed by atoms with Crippen LogP contribution in [0.5, 0.6) is 0 Å². The van der Waals surface area contributed by atoms with E-state index in [0.29, 0.717) is 12.6 Å². The van der Waals surface area contributed by atoms with E-state index in [1.165, 1.54) is 6.42 Å². The Morgan fingerprint density at radius 3 is 2.56 bits per heavy atom. The summed E-state index contributed by atoms with van der Waals surface area (Å²) in [5.74, 6) is 0.850. The summed E-state index contributed by atoms with van der Waals surface area (Å²) in [7, 11) is 0. The van der Waals surface area contributed by atoms with Gasteiger partial charge in [0.05, 0.1) is 6.61 Å². The van der Waals surface area contributed by atoms with Gasteiger partial charge in [0.1, 0.15) is 0 Å². The Morgan fingerprint density at radius 1 is 1.44 bits per heavy atom. The van der Waals surface area contributed by atoms with Crippen molar-refractivity contribution in [3.8, 4) is 0 Å². The average Bonchev–Trinajstić information content (AvgIpc) is 2.95. The Hall–Kier alpha value is -0.770. The highest BCUT2D eigenvalue weighted by molar-refractivity contribution is 5.67. The Balaban J connectivity index is 1.67. The van der Waals surface area contributed by atoms with Crippen LogP contribution in [-0.4, -0.2) is 42.8 Å². The van der Waals surface area contributed by atoms with Crippen LogP contribution < -0.4 is 5.32 Å². The number of nitrogens with one attached hydrogen (secondary N) is 1. The van der Waals surface area contributed by atoms with Crippen LogP contribution in [0.1, 0.15) is 33.1 Å². The molecule has 0 aromatic carbocycles. The van der Waals surface area contributed by atoms with Gasteiger partial charge in [-0.25, -0.2) is 4.79 Å². The zero-order valence-corrected chi connectivity index (χ0v) is 10.2. The van der Waals surface area contributed by atoms with E-state index < -0.39 is 0 Å². The summed E-state index contributed by atoms with van der Waals surface area (Å²) < 4.78 is 4.99. The van der Waals surface area contributed by atoms with Gasteiger partial charge in [0.2, 0.25) is 0 Å². The van der Waals surface area contributed by atoms with Crippen molar-refractivity contribution in [1.29, 1.82) is 0 Å². The molecule has 0 aromatic heterocycles. The zero-order valence-electron chi connectivity index (χ0n) is 10.2. The second kappa shape index (κ2) is 5.04. The Kier molecular flexibility index (Phi) is 3.69. The minimum absolute atomic E-state index is 0.152. The van der Waals surface area contributed by atoms with Gasteiger partial charge in [-0.3, -0.25) is 0 Å². The first-order valence-corrected chi connectivity index (χ1v) is 6.38. The van der Waals surface area contributed by atoms with Crippen molar-refractivity contribution in [2.75, 3.05) is 19.7 Å². The molecule has 1 saturated carbocycles. The molecule has 1 N–H and O–H groups in total. The number of ether oxygens (including phenoxy) is 1. The molecule has 1 aliphatic heterocycles. The van der Waals surface area contributed by atoms with Crippen LogP contribution in [0, 0.1) is 5.92 Å². The van der Waals surface area contributed by atoms with Crippen LogP contribution in [0.3, 0.4) is 0 Å². The molecule has 0 aromatic rings. The molecule has 0 spiro atoms. The molecular formula is C12H22N2O2. The normalized spacial score (nSPS) is 30.2. The third kappa shape index (κ3) is 2.88. The standard InChI is InChI=1S/C12H22N2O2/c1-3-16-12(15)14-6-4-10(5-7-14)13-11-8-9(11)2/h9-11,13H,3-8H2,1-2H3. The summed E-state index contributed by atoms with van der Waals surface area (Å²) in [4.78, 5) is 13.3. The molecule has 0 radical (unpaired) electrons. The lowest BCUT2D eigenvalue weighted by Crippen LogP contribution is -2.45. The van der Waals surface area contributed by atoms with Gasteiger partial charge in [0, 0.05) is 25.2 Å². The minimum Gasteiger partial charge on any atom is -0.450 e. The molecule has 16 heavy (non-hydrogen) atoms. The third-order valence-electron chi connectivity index (χ3n) is 3.58. The Morgan fingerprint density at radius 2 is 2.06 bits per heavy atom. The second-order valence-corrected chi connectivity index (χ2v) is 4.95. The van der Waals surface area contributed by atoms with Crippen LogP contribution >= 0.6 is 0 Å². The molecule has 1 heterocycles. The maximum absolute atomic E-state index is 11.5. The summed E-state index contributed by atoms with van der Waals surface area (Å²) in [6.07, 6.45) is 3.28. The van der Waals surface area contributed by atoms with E-state index in [-0.39, 0.29) is 6.09 Å². The predicted octanol–water partition coefficient (Wildman–Crippen LogP) is 1.61. The fraction of sp³-hybridized carbons (Fsp3) is 0.917. The fourth-order valence-corrected chi connectivity index (χ4v) is 2.30. The number of likely N-dealkylation sites (tertiary alicyclic amines) is 1. The van der Waals surface area contributed by atoms with Gasteiger partial charge in [-0.1, -0.05) is 6.92 Å². The maximum atomic E-state index is 11.5. The zero-order chi connectivity index (χ0) is 11.5. The van der Waals surface area contributed by atoms with Crippen LogP contribution in [-0.2, 0) is 4.74 Å². The van der Waals surface area contributed by atoms with Crippen LogP contribution in [0.15, 0.2) is 0 Å². The van der Waals surface area contributed by atoms with E-state index >= 15 is 0 Å². The van der Waals surface area contributed by atoms with Crippen molar-refractivity contribution < 1.29 is 9.53 Å². The number of carbonyl (C=O) groups excluding carboxylic acids is 1. The largest absolute Gasteiger partial charge is 0.450 e. The topological polar surface area (TPSA) is 41.6 Å². The maximum Gasteiger partial charge on any atom is 0.409 e. The molecule has 0 bridgehead atoms. The summed E-state index contributed by atoms with van der Waals surface area (Å²) in [5.41, 5.74) is 0. The summed E-state index contributed by atoms with van der Waals surface area (Å²) in [5, 5.41) is 3.66. The van der Waals surface area contributed by atoms with Crippen molar-refractivity contribution in [3.63, 3.8) is 0 Å². The lowest BCUT2D eigenvalue weighted by molar-refractivity contribution is 0.0949. The minimum atomic E-state index is -0.152. The highest BCUT2D eigenvalue weighted by atomic mass is 16.6. The molecule has 1 amide bonds. The van der Waals surface area contributed by atoms with Gasteiger partial charge < -0.3 is 15.0 Å². The molecule has 2 fully saturated rings. The molecule has 92 valence electrons. The van der Waals surface area contributed by atoms with Gasteiger partial charge in [-0.15, -0.1) is 0 Å². The Labute approximate surface area is 97.3 Å². The lowest BCUT2D eigenvalue weighted by atomic mass is 10.1. The molecule has 2 atom stereocenters. The highest BCUT2D eigenvalue weighted by Crippen LogP contribution is 2.30. The number of carbonyl (C=O) groups is 1. The first kappa shape index (κ1) is 11.7. The number of hydrogen-bond donors (Lipinski definition) is 1. The lowest BCUT2D eigenvalue weighted by Gasteiger charge is -2.31. The number of amides is 1. The quantitative estimate of drug-likeness (QED) is 0.795. The monoisotopic (exact) mass is 226 g/mol. The number of nitrogens with zero attached hydrogens (tertiary/aromatic N) is 1. The molecule has 2 unspecified atom stereocenters. The Bertz CT molecular complexity index is 249. The van der Waals surface area contributed by atoms with Gasteiger partial charge in [0.15, 0.2) is 0 Å². The molecule has 2 aliphatic rings. The fourth-order valence-electron chi connectivity index (χ4n) is 2.30. The van der Waals surface area contributed by atoms with E-state index in [1.807, 2.05) is 11.8 Å². The molecule has 2 rings (SSSR count). The first-order valence-electron chi connectivity index (χ1n) is 6.38. The summed E-state index contributed by atoms with van der Waals surface area (Å²) >= 11 is 0. The van der Waals surface area contributed by atoms with E-state index in [9.17, 15) is 4.79 Å². The molecule has 1 saturated heterocycles. The van der Waals surface area contributed by atoms with Crippen molar-refractivity contribution in [3.05, 3.63) is 0 Å². The van der Waals surface area contributed by atoms with E-state index in [4.69, 9.17) is 4.74 Å². The number of piperidine rings is 1. The number of rotatable bonds is 3.